The van der Waals surface area contributed by atoms with Crippen LogP contribution in [-0.2, 0) is 11.3 Å². The zero-order valence-electron chi connectivity index (χ0n) is 10.5. The van der Waals surface area contributed by atoms with E-state index >= 15 is 0 Å². The number of nitrogens with one attached hydrogen (secondary N) is 1. The van der Waals surface area contributed by atoms with Crippen molar-refractivity contribution in [3.63, 3.8) is 0 Å². The van der Waals surface area contributed by atoms with Gasteiger partial charge in [0.25, 0.3) is 0 Å². The van der Waals surface area contributed by atoms with Crippen LogP contribution in [0.2, 0.25) is 0 Å². The highest BCUT2D eigenvalue weighted by atomic mass is 16.5. The monoisotopic (exact) mass is 251 g/mol. The van der Waals surface area contributed by atoms with Crippen molar-refractivity contribution in [1.29, 1.82) is 0 Å². The molecule has 100 valence electrons. The first-order chi connectivity index (χ1) is 8.83. The van der Waals surface area contributed by atoms with Crippen molar-refractivity contribution in [3.05, 3.63) is 18.5 Å². The van der Waals surface area contributed by atoms with Gasteiger partial charge in [-0.3, -0.25) is 4.68 Å². The minimum absolute atomic E-state index is 0.377. The first-order valence-electron chi connectivity index (χ1n) is 6.83. The van der Waals surface area contributed by atoms with Gasteiger partial charge in [-0.25, -0.2) is 0 Å². The molecule has 3 unspecified atom stereocenters. The second-order valence-electron chi connectivity index (χ2n) is 5.36. The summed E-state index contributed by atoms with van der Waals surface area (Å²) < 4.78 is 7.53. The first-order valence-corrected chi connectivity index (χ1v) is 6.83. The van der Waals surface area contributed by atoms with Crippen LogP contribution in [-0.4, -0.2) is 46.3 Å². The normalized spacial score (nSPS) is 29.6. The maximum Gasteiger partial charge on any atom is 0.0860 e. The standard InChI is InChI=1S/C13H21N3O2/c17-11(9-16-6-1-5-15-16)8-14-12-4-7-18-13(12)10-2-3-10/h1,5-6,10-14,17H,2-4,7-9H2. The van der Waals surface area contributed by atoms with Gasteiger partial charge in [-0.05, 0) is 31.2 Å². The number of aliphatic hydroxyl groups is 1. The quantitative estimate of drug-likeness (QED) is 0.768. The molecule has 1 saturated carbocycles. The topological polar surface area (TPSA) is 59.3 Å². The molecule has 5 nitrogen and oxygen atoms in total. The Morgan fingerprint density at radius 1 is 1.44 bits per heavy atom. The van der Waals surface area contributed by atoms with Gasteiger partial charge in [-0.15, -0.1) is 0 Å². The molecule has 3 rings (SSSR count). The molecule has 5 heteroatoms. The van der Waals surface area contributed by atoms with E-state index < -0.39 is 6.10 Å². The number of aromatic nitrogens is 2. The number of nitrogens with zero attached hydrogens (tertiary/aromatic N) is 2. The van der Waals surface area contributed by atoms with E-state index in [4.69, 9.17) is 4.74 Å². The summed E-state index contributed by atoms with van der Waals surface area (Å²) in [6.07, 6.45) is 7.25. The molecule has 1 aromatic heterocycles. The van der Waals surface area contributed by atoms with Crippen LogP contribution in [0.1, 0.15) is 19.3 Å². The van der Waals surface area contributed by atoms with Crippen LogP contribution >= 0.6 is 0 Å². The molecule has 2 N–H and O–H groups in total. The molecule has 2 heterocycles. The summed E-state index contributed by atoms with van der Waals surface area (Å²) in [6.45, 7) is 2.01. The Hall–Kier alpha value is -0.910. The van der Waals surface area contributed by atoms with Crippen molar-refractivity contribution in [1.82, 2.24) is 15.1 Å². The van der Waals surface area contributed by atoms with E-state index in [-0.39, 0.29) is 0 Å². The van der Waals surface area contributed by atoms with Gasteiger partial charge in [-0.1, -0.05) is 0 Å². The zero-order valence-corrected chi connectivity index (χ0v) is 10.5. The third-order valence-corrected chi connectivity index (χ3v) is 3.80. The summed E-state index contributed by atoms with van der Waals surface area (Å²) in [7, 11) is 0. The fraction of sp³-hybridized carbons (Fsp3) is 0.769. The molecule has 2 fully saturated rings. The van der Waals surface area contributed by atoms with Gasteiger partial charge in [0, 0.05) is 31.6 Å². The van der Waals surface area contributed by atoms with Crippen molar-refractivity contribution < 1.29 is 9.84 Å². The summed E-state index contributed by atoms with van der Waals surface area (Å²) in [5.41, 5.74) is 0. The van der Waals surface area contributed by atoms with Crippen LogP contribution in [0.5, 0.6) is 0 Å². The average Bonchev–Trinajstić information content (AvgIpc) is 2.90. The van der Waals surface area contributed by atoms with Crippen molar-refractivity contribution in [2.75, 3.05) is 13.2 Å². The van der Waals surface area contributed by atoms with E-state index in [0.717, 1.165) is 18.9 Å². The van der Waals surface area contributed by atoms with E-state index in [2.05, 4.69) is 10.4 Å². The fourth-order valence-corrected chi connectivity index (χ4v) is 2.70. The highest BCUT2D eigenvalue weighted by molar-refractivity contribution is 4.93. The number of rotatable bonds is 6. The molecule has 18 heavy (non-hydrogen) atoms. The van der Waals surface area contributed by atoms with E-state index in [1.54, 1.807) is 10.9 Å². The van der Waals surface area contributed by atoms with Crippen LogP contribution in [0.3, 0.4) is 0 Å². The Kier molecular flexibility index (Phi) is 3.63. The van der Waals surface area contributed by atoms with E-state index in [0.29, 0.717) is 25.2 Å². The Bertz CT molecular complexity index is 364. The minimum Gasteiger partial charge on any atom is -0.390 e. The lowest BCUT2D eigenvalue weighted by molar-refractivity contribution is 0.0755. The molecule has 1 aromatic rings. The summed E-state index contributed by atoms with van der Waals surface area (Å²) in [5, 5.41) is 17.5. The van der Waals surface area contributed by atoms with Crippen molar-refractivity contribution in [3.8, 4) is 0 Å². The Labute approximate surface area is 107 Å². The third-order valence-electron chi connectivity index (χ3n) is 3.80. The van der Waals surface area contributed by atoms with Crippen LogP contribution in [0.4, 0.5) is 0 Å². The smallest absolute Gasteiger partial charge is 0.0860 e. The fourth-order valence-electron chi connectivity index (χ4n) is 2.70. The molecule has 2 aliphatic rings. The van der Waals surface area contributed by atoms with Gasteiger partial charge < -0.3 is 15.2 Å². The SMILES string of the molecule is OC(CNC1CCOC1C1CC1)Cn1cccn1. The Balaban J connectivity index is 1.42. The van der Waals surface area contributed by atoms with E-state index in [1.165, 1.54) is 12.8 Å². The molecule has 3 atom stereocenters. The molecular weight excluding hydrogens is 230 g/mol. The highest BCUT2D eigenvalue weighted by Gasteiger charge is 2.40. The van der Waals surface area contributed by atoms with Gasteiger partial charge in [-0.2, -0.15) is 5.10 Å². The molecule has 1 aliphatic heterocycles. The maximum atomic E-state index is 9.96. The Morgan fingerprint density at radius 2 is 2.33 bits per heavy atom. The van der Waals surface area contributed by atoms with Crippen LogP contribution in [0, 0.1) is 5.92 Å². The number of ether oxygens (including phenoxy) is 1. The molecule has 0 radical (unpaired) electrons. The summed E-state index contributed by atoms with van der Waals surface area (Å²) in [6, 6.07) is 2.29. The van der Waals surface area contributed by atoms with E-state index in [1.807, 2.05) is 12.3 Å². The second kappa shape index (κ2) is 5.38. The third kappa shape index (κ3) is 2.91. The second-order valence-corrected chi connectivity index (χ2v) is 5.36. The molecule has 1 aliphatic carbocycles. The highest BCUT2D eigenvalue weighted by Crippen LogP contribution is 2.38. The van der Waals surface area contributed by atoms with Crippen molar-refractivity contribution in [2.24, 2.45) is 5.92 Å². The Morgan fingerprint density at radius 3 is 3.06 bits per heavy atom. The van der Waals surface area contributed by atoms with Gasteiger partial charge >= 0.3 is 0 Å². The summed E-state index contributed by atoms with van der Waals surface area (Å²) >= 11 is 0. The van der Waals surface area contributed by atoms with Crippen molar-refractivity contribution in [2.45, 2.75) is 44.1 Å². The summed E-state index contributed by atoms with van der Waals surface area (Å²) in [5.74, 6) is 0.758. The first kappa shape index (κ1) is 12.1. The van der Waals surface area contributed by atoms with Crippen LogP contribution < -0.4 is 5.32 Å². The molecule has 0 spiro atoms. The van der Waals surface area contributed by atoms with Gasteiger partial charge in [0.15, 0.2) is 0 Å². The minimum atomic E-state index is -0.398. The molecule has 0 bridgehead atoms. The predicted molar refractivity (Wildman–Crippen MR) is 67.1 cm³/mol. The number of aliphatic hydroxyl groups excluding tert-OH is 1. The molecule has 0 amide bonds. The zero-order chi connectivity index (χ0) is 12.4. The number of hydrogen-bond donors (Lipinski definition) is 2. The lowest BCUT2D eigenvalue weighted by Gasteiger charge is -2.21. The molecule has 1 saturated heterocycles. The van der Waals surface area contributed by atoms with Crippen LogP contribution in [0.25, 0.3) is 0 Å². The lowest BCUT2D eigenvalue weighted by Crippen LogP contribution is -2.42. The average molecular weight is 251 g/mol. The summed E-state index contributed by atoms with van der Waals surface area (Å²) in [4.78, 5) is 0. The van der Waals surface area contributed by atoms with Gasteiger partial charge in [0.05, 0.1) is 18.8 Å². The van der Waals surface area contributed by atoms with Crippen LogP contribution in [0.15, 0.2) is 18.5 Å². The lowest BCUT2D eigenvalue weighted by atomic mass is 10.1. The number of hydrogen-bond acceptors (Lipinski definition) is 4. The predicted octanol–water partition coefficient (Wildman–Crippen LogP) is 0.401. The molecule has 0 aromatic carbocycles. The maximum absolute atomic E-state index is 9.96. The van der Waals surface area contributed by atoms with Gasteiger partial charge in [0.1, 0.15) is 0 Å². The van der Waals surface area contributed by atoms with E-state index in [9.17, 15) is 5.11 Å². The largest absolute Gasteiger partial charge is 0.390 e. The van der Waals surface area contributed by atoms with Gasteiger partial charge in [0.2, 0.25) is 0 Å². The van der Waals surface area contributed by atoms with Crippen molar-refractivity contribution >= 4 is 0 Å². The molecular formula is C13H21N3O2.